The van der Waals surface area contributed by atoms with Gasteiger partial charge in [-0.1, -0.05) is 12.1 Å². The SMILES string of the molecule is COc1ccc(C23CCC(CN(C(=O)C4CCC(OC(=O)N5CC(O)C5)CC4)c4cncc(-c5cnn(C6(C)CCC6)c5)c4)(CC2)CC3)cc1C. The van der Waals surface area contributed by atoms with E-state index in [4.69, 9.17) is 19.6 Å². The highest BCUT2D eigenvalue weighted by Gasteiger charge is 2.51. The van der Waals surface area contributed by atoms with Gasteiger partial charge in [0.05, 0.1) is 49.9 Å². The molecular formula is C41H53N5O5. The number of β-amino-alcohol motifs (C(OH)–C–C–N with tert-alkyl or cyclic N) is 1. The molecule has 2 bridgehead atoms. The van der Waals surface area contributed by atoms with Crippen molar-refractivity contribution in [2.75, 3.05) is 31.6 Å². The molecule has 2 aromatic heterocycles. The van der Waals surface area contributed by atoms with E-state index >= 15 is 0 Å². The summed E-state index contributed by atoms with van der Waals surface area (Å²) >= 11 is 0. The van der Waals surface area contributed by atoms with Crippen molar-refractivity contribution in [1.82, 2.24) is 19.7 Å². The number of hydrogen-bond acceptors (Lipinski definition) is 7. The fourth-order valence-electron chi connectivity index (χ4n) is 9.66. The predicted octanol–water partition coefficient (Wildman–Crippen LogP) is 7.16. The maximum absolute atomic E-state index is 14.7. The molecule has 0 spiro atoms. The lowest BCUT2D eigenvalue weighted by Gasteiger charge is -2.55. The molecule has 1 aromatic carbocycles. The van der Waals surface area contributed by atoms with Gasteiger partial charge in [0.1, 0.15) is 11.9 Å². The third kappa shape index (κ3) is 6.42. The molecule has 6 fully saturated rings. The lowest BCUT2D eigenvalue weighted by Crippen LogP contribution is -2.54. The number of methoxy groups -OCH3 is 1. The van der Waals surface area contributed by atoms with Gasteiger partial charge in [0.25, 0.3) is 0 Å². The molecule has 1 aliphatic heterocycles. The highest BCUT2D eigenvalue weighted by Crippen LogP contribution is 2.58. The number of amides is 2. The number of carbonyl (C=O) groups is 2. The summed E-state index contributed by atoms with van der Waals surface area (Å²) in [7, 11) is 1.73. The molecule has 1 N–H and O–H groups in total. The number of likely N-dealkylation sites (tertiary alicyclic amines) is 1. The molecule has 51 heavy (non-hydrogen) atoms. The van der Waals surface area contributed by atoms with E-state index in [2.05, 4.69) is 53.9 Å². The van der Waals surface area contributed by atoms with Crippen LogP contribution < -0.4 is 9.64 Å². The number of aliphatic hydroxyl groups is 1. The van der Waals surface area contributed by atoms with Crippen molar-refractivity contribution in [2.24, 2.45) is 11.3 Å². The summed E-state index contributed by atoms with van der Waals surface area (Å²) in [5.74, 6) is 0.958. The van der Waals surface area contributed by atoms with Gasteiger partial charge in [0, 0.05) is 36.0 Å². The fraction of sp³-hybridized carbons (Fsp3) is 0.610. The molecule has 10 nitrogen and oxygen atoms in total. The summed E-state index contributed by atoms with van der Waals surface area (Å²) in [5, 5.41) is 14.3. The van der Waals surface area contributed by atoms with E-state index in [-0.39, 0.29) is 40.4 Å². The first-order valence-corrected chi connectivity index (χ1v) is 19.2. The third-order valence-electron chi connectivity index (χ3n) is 13.5. The lowest BCUT2D eigenvalue weighted by molar-refractivity contribution is -0.124. The van der Waals surface area contributed by atoms with Crippen molar-refractivity contribution in [1.29, 1.82) is 0 Å². The minimum atomic E-state index is -0.456. The zero-order valence-corrected chi connectivity index (χ0v) is 30.5. The van der Waals surface area contributed by atoms with Gasteiger partial charge < -0.3 is 24.4 Å². The Morgan fingerprint density at radius 1 is 0.941 bits per heavy atom. The van der Waals surface area contributed by atoms with Crippen molar-refractivity contribution in [3.8, 4) is 16.9 Å². The number of carbonyl (C=O) groups excluding carboxylic acids is 2. The maximum Gasteiger partial charge on any atom is 0.410 e. The number of hydrogen-bond donors (Lipinski definition) is 1. The minimum absolute atomic E-state index is 0.0626. The van der Waals surface area contributed by atoms with E-state index in [9.17, 15) is 14.7 Å². The van der Waals surface area contributed by atoms with Crippen molar-refractivity contribution >= 4 is 17.7 Å². The van der Waals surface area contributed by atoms with Gasteiger partial charge in [-0.05, 0) is 131 Å². The van der Waals surface area contributed by atoms with Crippen molar-refractivity contribution in [2.45, 2.75) is 120 Å². The molecule has 2 amide bonds. The van der Waals surface area contributed by atoms with E-state index in [0.717, 1.165) is 73.9 Å². The zero-order valence-electron chi connectivity index (χ0n) is 30.5. The molecule has 0 unspecified atom stereocenters. The molecule has 10 heteroatoms. The Balaban J connectivity index is 1.01. The quantitative estimate of drug-likeness (QED) is 0.253. The normalized spacial score (nSPS) is 28.4. The van der Waals surface area contributed by atoms with Crippen LogP contribution in [0, 0.1) is 18.3 Å². The first-order chi connectivity index (χ1) is 24.6. The van der Waals surface area contributed by atoms with Crippen LogP contribution in [0.5, 0.6) is 5.75 Å². The number of fused-ring (bicyclic) bond motifs is 3. The zero-order chi connectivity index (χ0) is 35.4. The first-order valence-electron chi connectivity index (χ1n) is 19.2. The molecule has 5 saturated carbocycles. The average Bonchev–Trinajstić information content (AvgIpc) is 3.63. The van der Waals surface area contributed by atoms with Crippen molar-refractivity contribution in [3.05, 3.63) is 60.2 Å². The van der Waals surface area contributed by atoms with E-state index in [1.807, 2.05) is 18.6 Å². The number of benzene rings is 1. The highest BCUT2D eigenvalue weighted by atomic mass is 16.6. The number of ether oxygens (including phenoxy) is 2. The summed E-state index contributed by atoms with van der Waals surface area (Å²) in [5.41, 5.74) is 5.80. The molecular weight excluding hydrogens is 642 g/mol. The van der Waals surface area contributed by atoms with E-state index in [1.54, 1.807) is 7.11 Å². The topological polar surface area (TPSA) is 110 Å². The highest BCUT2D eigenvalue weighted by molar-refractivity contribution is 5.95. The van der Waals surface area contributed by atoms with Gasteiger partial charge in [-0.15, -0.1) is 0 Å². The number of pyridine rings is 1. The van der Waals surface area contributed by atoms with E-state index < -0.39 is 6.10 Å². The molecule has 9 rings (SSSR count). The summed E-state index contributed by atoms with van der Waals surface area (Å²) in [4.78, 5) is 35.5. The Hall–Kier alpha value is -3.92. The summed E-state index contributed by atoms with van der Waals surface area (Å²) < 4.78 is 13.4. The van der Waals surface area contributed by atoms with Crippen LogP contribution in [0.1, 0.15) is 102 Å². The molecule has 3 heterocycles. The monoisotopic (exact) mass is 695 g/mol. The number of aliphatic hydroxyl groups excluding tert-OH is 1. The smallest absolute Gasteiger partial charge is 0.410 e. The first kappa shape index (κ1) is 34.2. The van der Waals surface area contributed by atoms with Crippen LogP contribution in [0.25, 0.3) is 11.1 Å². The van der Waals surface area contributed by atoms with Crippen LogP contribution in [0.15, 0.2) is 49.1 Å². The number of aromatic nitrogens is 3. The van der Waals surface area contributed by atoms with Gasteiger partial charge in [0.15, 0.2) is 0 Å². The Morgan fingerprint density at radius 2 is 1.67 bits per heavy atom. The van der Waals surface area contributed by atoms with Crippen LogP contribution in [0.3, 0.4) is 0 Å². The Kier molecular flexibility index (Phi) is 8.88. The molecule has 0 radical (unpaired) electrons. The lowest BCUT2D eigenvalue weighted by atomic mass is 9.51. The second kappa shape index (κ2) is 13.2. The number of rotatable bonds is 9. The molecule has 5 aliphatic carbocycles. The third-order valence-corrected chi connectivity index (χ3v) is 13.5. The van der Waals surface area contributed by atoms with Crippen LogP contribution in [0.2, 0.25) is 0 Å². The Labute approximate surface area is 301 Å². The minimum Gasteiger partial charge on any atom is -0.496 e. The Bertz CT molecular complexity index is 1740. The standard InChI is InChI=1S/C41H53N5O5/c1-28-19-32(7-10-36(28)50-3)41-16-13-40(14-17-41,15-18-41)27-45(37(48)29-5-8-35(9-6-29)51-38(49)44-25-34(47)26-44)33-20-30(21-42-23-33)31-22-43-46(24-31)39(2)11-4-12-39/h7,10,19-24,29,34-35,47H,4-6,8-9,11-18,25-27H2,1-3H3. The average molecular weight is 696 g/mol. The number of anilines is 1. The molecule has 0 atom stereocenters. The van der Waals surface area contributed by atoms with Crippen LogP contribution in [-0.4, -0.2) is 75.7 Å². The van der Waals surface area contributed by atoms with E-state index in [0.29, 0.717) is 45.3 Å². The summed E-state index contributed by atoms with van der Waals surface area (Å²) in [6.45, 7) is 5.76. The van der Waals surface area contributed by atoms with Gasteiger partial charge >= 0.3 is 6.09 Å². The fourth-order valence-corrected chi connectivity index (χ4v) is 9.66. The van der Waals surface area contributed by atoms with Gasteiger partial charge in [-0.2, -0.15) is 5.10 Å². The second-order valence-corrected chi connectivity index (χ2v) is 16.8. The van der Waals surface area contributed by atoms with Crippen LogP contribution in [0.4, 0.5) is 10.5 Å². The van der Waals surface area contributed by atoms with Crippen LogP contribution in [-0.2, 0) is 20.5 Å². The van der Waals surface area contributed by atoms with Crippen molar-refractivity contribution in [3.63, 3.8) is 0 Å². The van der Waals surface area contributed by atoms with Gasteiger partial charge in [0.2, 0.25) is 5.91 Å². The molecule has 1 saturated heterocycles. The predicted molar refractivity (Wildman–Crippen MR) is 195 cm³/mol. The van der Waals surface area contributed by atoms with Gasteiger partial charge in [-0.25, -0.2) is 4.79 Å². The summed E-state index contributed by atoms with van der Waals surface area (Å²) in [6.07, 6.45) is 19.7. The second-order valence-electron chi connectivity index (χ2n) is 16.8. The number of aryl methyl sites for hydroxylation is 1. The van der Waals surface area contributed by atoms with Gasteiger partial charge in [-0.3, -0.25) is 14.5 Å². The number of nitrogens with zero attached hydrogens (tertiary/aromatic N) is 5. The maximum atomic E-state index is 14.7. The molecule has 6 aliphatic rings. The van der Waals surface area contributed by atoms with Crippen LogP contribution >= 0.6 is 0 Å². The molecule has 3 aromatic rings. The van der Waals surface area contributed by atoms with E-state index in [1.165, 1.54) is 22.4 Å². The largest absolute Gasteiger partial charge is 0.496 e. The van der Waals surface area contributed by atoms with Crippen molar-refractivity contribution < 1.29 is 24.2 Å². The molecule has 272 valence electrons. The Morgan fingerprint density at radius 3 is 2.29 bits per heavy atom. The summed E-state index contributed by atoms with van der Waals surface area (Å²) in [6, 6.07) is 8.86.